The standard InChI is InChI=1S/C19H20N6O4S/c20-12-15-13-21-19(30-15)24-5-3-23(4-6-24)18(26)16-11-14(25(27)28)1-2-17(16)22-7-9-29-10-8-22/h1-2,11,13H,3-10H2. The van der Waals surface area contributed by atoms with Gasteiger partial charge in [-0.2, -0.15) is 5.26 Å². The number of amides is 1. The summed E-state index contributed by atoms with van der Waals surface area (Å²) in [6, 6.07) is 6.56. The Morgan fingerprint density at radius 3 is 2.53 bits per heavy atom. The number of non-ortho nitro benzene ring substituents is 1. The van der Waals surface area contributed by atoms with Gasteiger partial charge >= 0.3 is 0 Å². The quantitative estimate of drug-likeness (QED) is 0.534. The van der Waals surface area contributed by atoms with Crippen LogP contribution in [0, 0.1) is 21.4 Å². The molecule has 1 aromatic heterocycles. The Balaban J connectivity index is 1.53. The number of nitro benzene ring substituents is 1. The molecule has 0 spiro atoms. The Bertz CT molecular complexity index is 989. The highest BCUT2D eigenvalue weighted by Gasteiger charge is 2.28. The van der Waals surface area contributed by atoms with Crippen LogP contribution in [0.25, 0.3) is 0 Å². The van der Waals surface area contributed by atoms with E-state index in [-0.39, 0.29) is 11.6 Å². The minimum Gasteiger partial charge on any atom is -0.378 e. The van der Waals surface area contributed by atoms with Crippen LogP contribution in [0.3, 0.4) is 0 Å². The lowest BCUT2D eigenvalue weighted by molar-refractivity contribution is -0.384. The van der Waals surface area contributed by atoms with Crippen molar-refractivity contribution in [3.05, 3.63) is 45.0 Å². The van der Waals surface area contributed by atoms with Gasteiger partial charge in [0.05, 0.1) is 35.6 Å². The second kappa shape index (κ2) is 8.64. The fourth-order valence-electron chi connectivity index (χ4n) is 3.62. The van der Waals surface area contributed by atoms with E-state index in [4.69, 9.17) is 10.00 Å². The molecule has 0 atom stereocenters. The maximum atomic E-state index is 13.3. The number of aromatic nitrogens is 1. The third-order valence-electron chi connectivity index (χ3n) is 5.21. The first-order valence-electron chi connectivity index (χ1n) is 9.58. The molecular weight excluding hydrogens is 408 g/mol. The summed E-state index contributed by atoms with van der Waals surface area (Å²) in [6.07, 6.45) is 1.55. The van der Waals surface area contributed by atoms with Gasteiger partial charge in [0, 0.05) is 51.4 Å². The number of hydrogen-bond donors (Lipinski definition) is 0. The number of ether oxygens (including phenoxy) is 1. The smallest absolute Gasteiger partial charge is 0.270 e. The largest absolute Gasteiger partial charge is 0.378 e. The molecule has 30 heavy (non-hydrogen) atoms. The molecule has 0 unspecified atom stereocenters. The molecule has 1 amide bonds. The molecule has 10 nitrogen and oxygen atoms in total. The predicted molar refractivity (Wildman–Crippen MR) is 111 cm³/mol. The van der Waals surface area contributed by atoms with E-state index < -0.39 is 4.92 Å². The van der Waals surface area contributed by atoms with Gasteiger partial charge in [0.2, 0.25) is 0 Å². The lowest BCUT2D eigenvalue weighted by atomic mass is 10.1. The second-order valence-corrected chi connectivity index (χ2v) is 7.97. The zero-order valence-corrected chi connectivity index (χ0v) is 17.0. The third-order valence-corrected chi connectivity index (χ3v) is 6.18. The van der Waals surface area contributed by atoms with Crippen molar-refractivity contribution in [2.45, 2.75) is 0 Å². The zero-order valence-electron chi connectivity index (χ0n) is 16.2. The van der Waals surface area contributed by atoms with Crippen LogP contribution in [-0.2, 0) is 4.74 Å². The molecule has 0 radical (unpaired) electrons. The number of carbonyl (C=O) groups is 1. The second-order valence-electron chi connectivity index (χ2n) is 6.96. The number of thiazole rings is 1. The van der Waals surface area contributed by atoms with E-state index >= 15 is 0 Å². The van der Waals surface area contributed by atoms with Gasteiger partial charge in [-0.1, -0.05) is 11.3 Å². The zero-order chi connectivity index (χ0) is 21.1. The van der Waals surface area contributed by atoms with E-state index in [9.17, 15) is 14.9 Å². The van der Waals surface area contributed by atoms with Crippen molar-refractivity contribution in [2.24, 2.45) is 0 Å². The van der Waals surface area contributed by atoms with Crippen molar-refractivity contribution in [2.75, 3.05) is 62.3 Å². The lowest BCUT2D eigenvalue weighted by Crippen LogP contribution is -2.49. The van der Waals surface area contributed by atoms with E-state index in [2.05, 4.69) is 11.1 Å². The minimum absolute atomic E-state index is 0.0965. The summed E-state index contributed by atoms with van der Waals surface area (Å²) in [6.45, 7) is 4.52. The van der Waals surface area contributed by atoms with Gasteiger partial charge in [-0.15, -0.1) is 0 Å². The number of nitrogens with zero attached hydrogens (tertiary/aromatic N) is 6. The number of nitriles is 1. The highest BCUT2D eigenvalue weighted by atomic mass is 32.1. The summed E-state index contributed by atoms with van der Waals surface area (Å²) in [7, 11) is 0. The number of piperazine rings is 1. The van der Waals surface area contributed by atoms with Crippen LogP contribution in [0.5, 0.6) is 0 Å². The number of hydrogen-bond acceptors (Lipinski definition) is 9. The number of carbonyl (C=O) groups excluding carboxylic acids is 1. The summed E-state index contributed by atoms with van der Waals surface area (Å²) in [5.41, 5.74) is 0.955. The van der Waals surface area contributed by atoms with Gasteiger partial charge in [-0.25, -0.2) is 4.98 Å². The fourth-order valence-corrected chi connectivity index (χ4v) is 4.39. The molecule has 0 N–H and O–H groups in total. The fraction of sp³-hybridized carbons (Fsp3) is 0.421. The minimum atomic E-state index is -0.479. The summed E-state index contributed by atoms with van der Waals surface area (Å²) < 4.78 is 5.39. The topological polar surface area (TPSA) is 116 Å². The van der Waals surface area contributed by atoms with E-state index in [0.29, 0.717) is 68.6 Å². The van der Waals surface area contributed by atoms with Crippen LogP contribution in [0.2, 0.25) is 0 Å². The molecule has 1 aromatic carbocycles. The first-order chi connectivity index (χ1) is 14.6. The number of morpholine rings is 1. The molecule has 3 heterocycles. The van der Waals surface area contributed by atoms with Gasteiger partial charge in [-0.05, 0) is 6.07 Å². The van der Waals surface area contributed by atoms with Crippen molar-refractivity contribution in [3.8, 4) is 6.07 Å². The molecule has 2 aliphatic heterocycles. The Labute approximate surface area is 177 Å². The number of nitro groups is 1. The Kier molecular flexibility index (Phi) is 5.78. The van der Waals surface area contributed by atoms with Gasteiger partial charge in [0.15, 0.2) is 5.13 Å². The monoisotopic (exact) mass is 428 g/mol. The lowest BCUT2D eigenvalue weighted by Gasteiger charge is -2.36. The van der Waals surface area contributed by atoms with Crippen LogP contribution in [0.1, 0.15) is 15.2 Å². The van der Waals surface area contributed by atoms with E-state index in [1.54, 1.807) is 17.2 Å². The molecule has 2 aliphatic rings. The average Bonchev–Trinajstić information content (AvgIpc) is 3.28. The van der Waals surface area contributed by atoms with Crippen LogP contribution in [-0.4, -0.2) is 73.2 Å². The van der Waals surface area contributed by atoms with Crippen LogP contribution >= 0.6 is 11.3 Å². The molecule has 11 heteroatoms. The van der Waals surface area contributed by atoms with Crippen molar-refractivity contribution < 1.29 is 14.5 Å². The van der Waals surface area contributed by atoms with E-state index in [1.165, 1.54) is 23.5 Å². The highest BCUT2D eigenvalue weighted by molar-refractivity contribution is 7.16. The number of benzene rings is 1. The first-order valence-corrected chi connectivity index (χ1v) is 10.4. The number of rotatable bonds is 4. The summed E-state index contributed by atoms with van der Waals surface area (Å²) in [4.78, 5) is 34.7. The molecule has 2 aromatic rings. The van der Waals surface area contributed by atoms with Gasteiger partial charge in [-0.3, -0.25) is 14.9 Å². The molecule has 4 rings (SSSR count). The summed E-state index contributed by atoms with van der Waals surface area (Å²) in [5, 5.41) is 21.0. The SMILES string of the molecule is N#Cc1cnc(N2CCN(C(=O)c3cc([N+](=O)[O-])ccc3N3CCOCC3)CC2)s1. The molecule has 0 saturated carbocycles. The molecule has 0 aliphatic carbocycles. The summed E-state index contributed by atoms with van der Waals surface area (Å²) >= 11 is 1.33. The summed E-state index contributed by atoms with van der Waals surface area (Å²) in [5.74, 6) is -0.211. The van der Waals surface area contributed by atoms with E-state index in [0.717, 1.165) is 5.13 Å². The molecule has 2 saturated heterocycles. The van der Waals surface area contributed by atoms with Crippen molar-refractivity contribution in [1.29, 1.82) is 5.26 Å². The molecule has 2 fully saturated rings. The number of anilines is 2. The first kappa shape index (κ1) is 20.1. The van der Waals surface area contributed by atoms with Crippen molar-refractivity contribution in [3.63, 3.8) is 0 Å². The normalized spacial score (nSPS) is 17.0. The third kappa shape index (κ3) is 4.05. The van der Waals surface area contributed by atoms with Crippen LogP contribution < -0.4 is 9.80 Å². The highest BCUT2D eigenvalue weighted by Crippen LogP contribution is 2.29. The van der Waals surface area contributed by atoms with Crippen molar-refractivity contribution >= 4 is 33.8 Å². The van der Waals surface area contributed by atoms with Crippen LogP contribution in [0.15, 0.2) is 24.4 Å². The predicted octanol–water partition coefficient (Wildman–Crippen LogP) is 1.72. The van der Waals surface area contributed by atoms with Crippen molar-refractivity contribution in [1.82, 2.24) is 9.88 Å². The Morgan fingerprint density at radius 1 is 1.17 bits per heavy atom. The van der Waals surface area contributed by atoms with E-state index in [1.807, 2.05) is 9.80 Å². The van der Waals surface area contributed by atoms with Gasteiger partial charge in [0.25, 0.3) is 11.6 Å². The maximum absolute atomic E-state index is 13.3. The molecule has 0 bridgehead atoms. The Hall–Kier alpha value is -3.23. The maximum Gasteiger partial charge on any atom is 0.270 e. The molecular formula is C19H20N6O4S. The average molecular weight is 428 g/mol. The Morgan fingerprint density at radius 2 is 1.90 bits per heavy atom. The van der Waals surface area contributed by atoms with Gasteiger partial charge in [0.1, 0.15) is 10.9 Å². The molecule has 156 valence electrons. The van der Waals surface area contributed by atoms with Crippen LogP contribution in [0.4, 0.5) is 16.5 Å². The van der Waals surface area contributed by atoms with Gasteiger partial charge < -0.3 is 19.4 Å².